The molecule has 0 spiro atoms. The molecule has 0 saturated heterocycles. The first kappa shape index (κ1) is 13.4. The summed E-state index contributed by atoms with van der Waals surface area (Å²) in [5.41, 5.74) is 6.87. The SMILES string of the molecule is CCCC(C)(C)Nc1cccc(C(=O)O)c1N. The van der Waals surface area contributed by atoms with Crippen molar-refractivity contribution in [3.63, 3.8) is 0 Å². The minimum absolute atomic E-state index is 0.0972. The summed E-state index contributed by atoms with van der Waals surface area (Å²) in [6.07, 6.45) is 2.04. The van der Waals surface area contributed by atoms with Gasteiger partial charge in [-0.05, 0) is 32.4 Å². The maximum absolute atomic E-state index is 11.0. The molecule has 0 radical (unpaired) electrons. The van der Waals surface area contributed by atoms with Crippen molar-refractivity contribution in [1.82, 2.24) is 0 Å². The molecule has 0 fully saturated rings. The maximum Gasteiger partial charge on any atom is 0.337 e. The summed E-state index contributed by atoms with van der Waals surface area (Å²) in [6.45, 7) is 6.26. The number of nitrogen functional groups attached to an aromatic ring is 1. The van der Waals surface area contributed by atoms with Crippen LogP contribution in [0.2, 0.25) is 0 Å². The summed E-state index contributed by atoms with van der Waals surface area (Å²) in [4.78, 5) is 11.0. The third-order valence-electron chi connectivity index (χ3n) is 2.68. The molecule has 0 saturated carbocycles. The van der Waals surface area contributed by atoms with E-state index in [1.54, 1.807) is 12.1 Å². The Morgan fingerprint density at radius 1 is 1.47 bits per heavy atom. The normalized spacial score (nSPS) is 11.2. The fourth-order valence-electron chi connectivity index (χ4n) is 1.91. The highest BCUT2D eigenvalue weighted by Crippen LogP contribution is 2.27. The average molecular weight is 236 g/mol. The second-order valence-corrected chi connectivity index (χ2v) is 4.83. The lowest BCUT2D eigenvalue weighted by Gasteiger charge is -2.28. The Bertz CT molecular complexity index is 414. The molecular formula is C13H20N2O2. The van der Waals surface area contributed by atoms with Gasteiger partial charge in [-0.25, -0.2) is 4.79 Å². The largest absolute Gasteiger partial charge is 0.478 e. The number of rotatable bonds is 5. The third-order valence-corrected chi connectivity index (χ3v) is 2.68. The summed E-state index contributed by atoms with van der Waals surface area (Å²) in [5, 5.41) is 12.3. The van der Waals surface area contributed by atoms with E-state index in [1.165, 1.54) is 6.07 Å². The number of nitrogens with one attached hydrogen (secondary N) is 1. The molecule has 0 atom stereocenters. The molecule has 4 N–H and O–H groups in total. The smallest absolute Gasteiger partial charge is 0.337 e. The van der Waals surface area contributed by atoms with Gasteiger partial charge in [-0.15, -0.1) is 0 Å². The van der Waals surface area contributed by atoms with E-state index in [0.29, 0.717) is 11.4 Å². The van der Waals surface area contributed by atoms with Crippen LogP contribution in [0.1, 0.15) is 44.0 Å². The van der Waals surface area contributed by atoms with Crippen LogP contribution >= 0.6 is 0 Å². The Kier molecular flexibility index (Phi) is 3.99. The number of hydrogen-bond acceptors (Lipinski definition) is 3. The zero-order valence-electron chi connectivity index (χ0n) is 10.6. The van der Waals surface area contributed by atoms with E-state index < -0.39 is 5.97 Å². The van der Waals surface area contributed by atoms with Gasteiger partial charge in [-0.3, -0.25) is 0 Å². The zero-order chi connectivity index (χ0) is 13.1. The summed E-state index contributed by atoms with van der Waals surface area (Å²) >= 11 is 0. The molecule has 4 nitrogen and oxygen atoms in total. The predicted octanol–water partition coefficient (Wildman–Crippen LogP) is 2.96. The lowest BCUT2D eigenvalue weighted by molar-refractivity contribution is 0.0698. The molecule has 0 aromatic heterocycles. The van der Waals surface area contributed by atoms with Crippen molar-refractivity contribution in [2.45, 2.75) is 39.2 Å². The van der Waals surface area contributed by atoms with Crippen LogP contribution in [0.25, 0.3) is 0 Å². The Morgan fingerprint density at radius 3 is 2.65 bits per heavy atom. The van der Waals surface area contributed by atoms with E-state index in [2.05, 4.69) is 26.1 Å². The van der Waals surface area contributed by atoms with E-state index in [1.807, 2.05) is 0 Å². The fraction of sp³-hybridized carbons (Fsp3) is 0.462. The second kappa shape index (κ2) is 5.08. The highest BCUT2D eigenvalue weighted by molar-refractivity contribution is 5.97. The molecule has 0 aliphatic rings. The van der Waals surface area contributed by atoms with Crippen molar-refractivity contribution in [3.05, 3.63) is 23.8 Å². The maximum atomic E-state index is 11.0. The molecule has 0 aliphatic heterocycles. The van der Waals surface area contributed by atoms with Gasteiger partial charge in [-0.1, -0.05) is 19.4 Å². The topological polar surface area (TPSA) is 75.3 Å². The molecular weight excluding hydrogens is 216 g/mol. The fourth-order valence-corrected chi connectivity index (χ4v) is 1.91. The van der Waals surface area contributed by atoms with Crippen LogP contribution in [0.15, 0.2) is 18.2 Å². The molecule has 0 unspecified atom stereocenters. The van der Waals surface area contributed by atoms with E-state index >= 15 is 0 Å². The van der Waals surface area contributed by atoms with E-state index in [-0.39, 0.29) is 11.1 Å². The minimum Gasteiger partial charge on any atom is -0.478 e. The van der Waals surface area contributed by atoms with Crippen molar-refractivity contribution >= 4 is 17.3 Å². The summed E-state index contributed by atoms with van der Waals surface area (Å²) in [5.74, 6) is -1.00. The summed E-state index contributed by atoms with van der Waals surface area (Å²) < 4.78 is 0. The quantitative estimate of drug-likeness (QED) is 0.687. The van der Waals surface area contributed by atoms with Gasteiger partial charge in [0.1, 0.15) is 0 Å². The van der Waals surface area contributed by atoms with Crippen LogP contribution in [0.4, 0.5) is 11.4 Å². The van der Waals surface area contributed by atoms with Crippen molar-refractivity contribution in [3.8, 4) is 0 Å². The van der Waals surface area contributed by atoms with Gasteiger partial charge in [0.25, 0.3) is 0 Å². The second-order valence-electron chi connectivity index (χ2n) is 4.83. The van der Waals surface area contributed by atoms with E-state index in [4.69, 9.17) is 10.8 Å². The van der Waals surface area contributed by atoms with Gasteiger partial charge < -0.3 is 16.2 Å². The Labute approximate surface area is 102 Å². The number of carboxylic acid groups (broad SMARTS) is 1. The number of hydrogen-bond donors (Lipinski definition) is 3. The van der Waals surface area contributed by atoms with Gasteiger partial charge >= 0.3 is 5.97 Å². The minimum atomic E-state index is -1.00. The van der Waals surface area contributed by atoms with Crippen molar-refractivity contribution in [2.75, 3.05) is 11.1 Å². The number of carbonyl (C=O) groups is 1. The molecule has 0 amide bonds. The molecule has 17 heavy (non-hydrogen) atoms. The number of carboxylic acids is 1. The summed E-state index contributed by atoms with van der Waals surface area (Å²) in [6, 6.07) is 5.01. The van der Waals surface area contributed by atoms with Gasteiger partial charge in [-0.2, -0.15) is 0 Å². The average Bonchev–Trinajstić information content (AvgIpc) is 2.20. The first-order chi connectivity index (χ1) is 7.87. The van der Waals surface area contributed by atoms with Crippen LogP contribution in [-0.2, 0) is 0 Å². The lowest BCUT2D eigenvalue weighted by atomic mass is 9.98. The van der Waals surface area contributed by atoms with Crippen LogP contribution in [0.5, 0.6) is 0 Å². The molecule has 1 aromatic rings. The zero-order valence-corrected chi connectivity index (χ0v) is 10.6. The third kappa shape index (κ3) is 3.37. The Balaban J connectivity index is 3.00. The molecule has 0 aliphatic carbocycles. The first-order valence-electron chi connectivity index (χ1n) is 5.77. The molecule has 1 rings (SSSR count). The van der Waals surface area contributed by atoms with Crippen molar-refractivity contribution in [1.29, 1.82) is 0 Å². The van der Waals surface area contributed by atoms with Crippen LogP contribution in [-0.4, -0.2) is 16.6 Å². The molecule has 0 bridgehead atoms. The number of nitrogens with two attached hydrogens (primary N) is 1. The number of aromatic carboxylic acids is 1. The Morgan fingerprint density at radius 2 is 2.12 bits per heavy atom. The summed E-state index contributed by atoms with van der Waals surface area (Å²) in [7, 11) is 0. The first-order valence-corrected chi connectivity index (χ1v) is 5.77. The van der Waals surface area contributed by atoms with Crippen LogP contribution in [0.3, 0.4) is 0 Å². The van der Waals surface area contributed by atoms with E-state index in [0.717, 1.165) is 12.8 Å². The lowest BCUT2D eigenvalue weighted by Crippen LogP contribution is -2.31. The standard InChI is InChI=1S/C13H20N2O2/c1-4-8-13(2,3)15-10-7-5-6-9(11(10)14)12(16)17/h5-7,15H,4,8,14H2,1-3H3,(H,16,17). The van der Waals surface area contributed by atoms with Gasteiger partial charge in [0.2, 0.25) is 0 Å². The van der Waals surface area contributed by atoms with Crippen LogP contribution < -0.4 is 11.1 Å². The highest BCUT2D eigenvalue weighted by Gasteiger charge is 2.19. The molecule has 0 heterocycles. The molecule has 94 valence electrons. The van der Waals surface area contributed by atoms with Gasteiger partial charge in [0.15, 0.2) is 0 Å². The van der Waals surface area contributed by atoms with E-state index in [9.17, 15) is 4.79 Å². The van der Waals surface area contributed by atoms with Crippen molar-refractivity contribution in [2.24, 2.45) is 0 Å². The predicted molar refractivity (Wildman–Crippen MR) is 70.4 cm³/mol. The van der Waals surface area contributed by atoms with Gasteiger partial charge in [0.05, 0.1) is 16.9 Å². The highest BCUT2D eigenvalue weighted by atomic mass is 16.4. The van der Waals surface area contributed by atoms with Crippen molar-refractivity contribution < 1.29 is 9.90 Å². The molecule has 4 heteroatoms. The number of para-hydroxylation sites is 1. The number of anilines is 2. The number of benzene rings is 1. The Hall–Kier alpha value is -1.71. The monoisotopic (exact) mass is 236 g/mol. The van der Waals surface area contributed by atoms with Gasteiger partial charge in [0, 0.05) is 5.54 Å². The van der Waals surface area contributed by atoms with Crippen LogP contribution in [0, 0.1) is 0 Å². The molecule has 1 aromatic carbocycles.